The molecule has 0 bridgehead atoms. The van der Waals surface area contributed by atoms with Crippen LogP contribution in [0.2, 0.25) is 0 Å². The Kier molecular flexibility index (Phi) is 8.79. The monoisotopic (exact) mass is 460 g/mol. The molecule has 178 valence electrons. The van der Waals surface area contributed by atoms with Gasteiger partial charge < -0.3 is 15.0 Å². The first kappa shape index (κ1) is 25.0. The molecule has 0 spiro atoms. The molecule has 2 aromatic carbocycles. The van der Waals surface area contributed by atoms with Gasteiger partial charge in [0.05, 0.1) is 0 Å². The van der Waals surface area contributed by atoms with Crippen LogP contribution in [0, 0.1) is 6.92 Å². The van der Waals surface area contributed by atoms with E-state index in [1.165, 1.54) is 4.57 Å². The molecule has 0 radical (unpaired) electrons. The third-order valence-electron chi connectivity index (χ3n) is 5.86. The van der Waals surface area contributed by atoms with Crippen LogP contribution in [0.3, 0.4) is 0 Å². The third kappa shape index (κ3) is 6.67. The highest BCUT2D eigenvalue weighted by Crippen LogP contribution is 2.17. The largest absolute Gasteiger partial charge is 0.480 e. The molecule has 34 heavy (non-hydrogen) atoms. The zero-order valence-corrected chi connectivity index (χ0v) is 19.7. The Balaban J connectivity index is 1.90. The minimum absolute atomic E-state index is 0.171. The molecule has 3 rings (SSSR count). The third-order valence-corrected chi connectivity index (χ3v) is 5.86. The highest BCUT2D eigenvalue weighted by Gasteiger charge is 2.27. The van der Waals surface area contributed by atoms with Gasteiger partial charge in [-0.15, -0.1) is 0 Å². The summed E-state index contributed by atoms with van der Waals surface area (Å²) in [6, 6.07) is 18.9. The first-order chi connectivity index (χ1) is 16.4. The topological polar surface area (TPSA) is 88.4 Å². The fourth-order valence-electron chi connectivity index (χ4n) is 4.10. The van der Waals surface area contributed by atoms with Crippen molar-refractivity contribution in [2.75, 3.05) is 0 Å². The van der Waals surface area contributed by atoms with Gasteiger partial charge in [-0.2, -0.15) is 0 Å². The highest BCUT2D eigenvalue weighted by atomic mass is 16.4. The maximum Gasteiger partial charge on any atom is 0.326 e. The molecular weight excluding hydrogens is 428 g/mol. The molecule has 6 heteroatoms. The molecule has 0 aliphatic heterocycles. The summed E-state index contributed by atoms with van der Waals surface area (Å²) >= 11 is 0. The average Bonchev–Trinajstić information content (AvgIpc) is 2.83. The number of aliphatic carboxylic acids is 1. The van der Waals surface area contributed by atoms with Crippen LogP contribution in [-0.4, -0.2) is 27.6 Å². The SMILES string of the molecule is CCCCC(C(=O)N[C@@H](Cc1ccccc1)C(=O)O)n1cc(C)cc(Cc2ccccc2)c1=O. The number of carboxylic acid groups (broad SMARTS) is 1. The van der Waals surface area contributed by atoms with Crippen LogP contribution < -0.4 is 10.9 Å². The van der Waals surface area contributed by atoms with Gasteiger partial charge in [0.2, 0.25) is 5.91 Å². The molecule has 2 atom stereocenters. The van der Waals surface area contributed by atoms with Gasteiger partial charge in [0.15, 0.2) is 0 Å². The van der Waals surface area contributed by atoms with E-state index in [-0.39, 0.29) is 12.0 Å². The minimum atomic E-state index is -1.10. The molecule has 0 saturated heterocycles. The highest BCUT2D eigenvalue weighted by molar-refractivity contribution is 5.86. The zero-order valence-electron chi connectivity index (χ0n) is 19.7. The summed E-state index contributed by atoms with van der Waals surface area (Å²) in [5.41, 5.74) is 3.09. The fraction of sp³-hybridized carbons (Fsp3) is 0.321. The van der Waals surface area contributed by atoms with Gasteiger partial charge in [-0.1, -0.05) is 80.4 Å². The number of rotatable bonds is 11. The van der Waals surface area contributed by atoms with Crippen molar-refractivity contribution < 1.29 is 14.7 Å². The number of hydrogen-bond donors (Lipinski definition) is 2. The van der Waals surface area contributed by atoms with Crippen molar-refractivity contribution in [2.45, 2.75) is 58.0 Å². The lowest BCUT2D eigenvalue weighted by atomic mass is 10.0. The van der Waals surface area contributed by atoms with Gasteiger partial charge in [-0.05, 0) is 36.1 Å². The van der Waals surface area contributed by atoms with E-state index in [9.17, 15) is 19.5 Å². The molecular formula is C28H32N2O4. The second-order valence-electron chi connectivity index (χ2n) is 8.66. The fourth-order valence-corrected chi connectivity index (χ4v) is 4.10. The van der Waals surface area contributed by atoms with Crippen LogP contribution in [0.15, 0.2) is 77.7 Å². The lowest BCUT2D eigenvalue weighted by Gasteiger charge is -2.23. The average molecular weight is 461 g/mol. The normalized spacial score (nSPS) is 12.6. The predicted molar refractivity (Wildman–Crippen MR) is 133 cm³/mol. The number of nitrogens with one attached hydrogen (secondary N) is 1. The number of benzene rings is 2. The molecule has 6 nitrogen and oxygen atoms in total. The van der Waals surface area contributed by atoms with Crippen molar-refractivity contribution in [2.24, 2.45) is 0 Å². The summed E-state index contributed by atoms with van der Waals surface area (Å²) in [5.74, 6) is -1.55. The Morgan fingerprint density at radius 1 is 1.00 bits per heavy atom. The molecule has 2 N–H and O–H groups in total. The maximum atomic E-state index is 13.4. The quantitative estimate of drug-likeness (QED) is 0.447. The number of carbonyl (C=O) groups excluding carboxylic acids is 1. The van der Waals surface area contributed by atoms with Gasteiger partial charge in [0, 0.05) is 24.6 Å². The van der Waals surface area contributed by atoms with E-state index in [4.69, 9.17) is 0 Å². The Morgan fingerprint density at radius 3 is 2.21 bits per heavy atom. The maximum absolute atomic E-state index is 13.4. The van der Waals surface area contributed by atoms with E-state index in [0.717, 1.165) is 29.5 Å². The van der Waals surface area contributed by atoms with Crippen molar-refractivity contribution in [1.29, 1.82) is 0 Å². The number of amides is 1. The molecule has 3 aromatic rings. The van der Waals surface area contributed by atoms with Gasteiger partial charge >= 0.3 is 5.97 Å². The molecule has 1 amide bonds. The number of aromatic nitrogens is 1. The van der Waals surface area contributed by atoms with Crippen molar-refractivity contribution in [1.82, 2.24) is 9.88 Å². The summed E-state index contributed by atoms with van der Waals surface area (Å²) in [7, 11) is 0. The first-order valence-electron chi connectivity index (χ1n) is 11.7. The number of carboxylic acids is 1. The molecule has 1 heterocycles. The number of pyridine rings is 1. The Bertz CT molecular complexity index is 1160. The second kappa shape index (κ2) is 12.0. The van der Waals surface area contributed by atoms with Crippen molar-refractivity contribution >= 4 is 11.9 Å². The molecule has 0 aliphatic carbocycles. The van der Waals surface area contributed by atoms with Crippen LogP contribution >= 0.6 is 0 Å². The number of hydrogen-bond acceptors (Lipinski definition) is 3. The van der Waals surface area contributed by atoms with E-state index >= 15 is 0 Å². The summed E-state index contributed by atoms with van der Waals surface area (Å²) in [4.78, 5) is 38.7. The minimum Gasteiger partial charge on any atom is -0.480 e. The Labute approximate surface area is 200 Å². The van der Waals surface area contributed by atoms with E-state index in [1.54, 1.807) is 6.20 Å². The molecule has 1 unspecified atom stereocenters. The first-order valence-corrected chi connectivity index (χ1v) is 11.7. The van der Waals surface area contributed by atoms with Crippen molar-refractivity contribution in [3.8, 4) is 0 Å². The van der Waals surface area contributed by atoms with E-state index in [2.05, 4.69) is 5.32 Å². The lowest BCUT2D eigenvalue weighted by Crippen LogP contribution is -2.47. The molecule has 0 fully saturated rings. The van der Waals surface area contributed by atoms with E-state index in [1.807, 2.05) is 80.6 Å². The van der Waals surface area contributed by atoms with Gasteiger partial charge in [0.1, 0.15) is 12.1 Å². The van der Waals surface area contributed by atoms with Crippen LogP contribution in [0.25, 0.3) is 0 Å². The molecule has 0 aliphatic rings. The standard InChI is InChI=1S/C28H32N2O4/c1-3-4-15-25(26(31)29-24(28(33)34)18-22-13-9-6-10-14-22)30-19-20(2)16-23(27(30)32)17-21-11-7-5-8-12-21/h5-14,16,19,24-25H,3-4,15,17-18H2,1-2H3,(H,29,31)(H,33,34)/t24-,25?/m0/s1. The van der Waals surface area contributed by atoms with Gasteiger partial charge in [0.25, 0.3) is 5.56 Å². The summed E-state index contributed by atoms with van der Waals surface area (Å²) in [6.45, 7) is 3.92. The van der Waals surface area contributed by atoms with Gasteiger partial charge in [-0.25, -0.2) is 4.79 Å². The number of unbranched alkanes of at least 4 members (excludes halogenated alkanes) is 1. The van der Waals surface area contributed by atoms with E-state index < -0.39 is 24.0 Å². The van der Waals surface area contributed by atoms with Crippen molar-refractivity contribution in [3.63, 3.8) is 0 Å². The summed E-state index contributed by atoms with van der Waals surface area (Å²) in [5, 5.41) is 12.4. The van der Waals surface area contributed by atoms with Crippen LogP contribution in [0.1, 0.15) is 54.5 Å². The predicted octanol–water partition coefficient (Wildman–Crippen LogP) is 4.29. The number of aryl methyl sites for hydroxylation is 1. The van der Waals surface area contributed by atoms with Crippen molar-refractivity contribution in [3.05, 3.63) is 106 Å². The smallest absolute Gasteiger partial charge is 0.326 e. The van der Waals surface area contributed by atoms with Gasteiger partial charge in [-0.3, -0.25) is 9.59 Å². The molecule has 1 aromatic heterocycles. The second-order valence-corrected chi connectivity index (χ2v) is 8.66. The van der Waals surface area contributed by atoms with Crippen LogP contribution in [-0.2, 0) is 22.4 Å². The summed E-state index contributed by atoms with van der Waals surface area (Å²) in [6.07, 6.45) is 4.38. The molecule has 0 saturated carbocycles. The number of carbonyl (C=O) groups is 2. The van der Waals surface area contributed by atoms with Crippen LogP contribution in [0.4, 0.5) is 0 Å². The van der Waals surface area contributed by atoms with E-state index in [0.29, 0.717) is 18.4 Å². The van der Waals surface area contributed by atoms with Crippen LogP contribution in [0.5, 0.6) is 0 Å². The Hall–Kier alpha value is -3.67. The lowest BCUT2D eigenvalue weighted by molar-refractivity contribution is -0.142. The summed E-state index contributed by atoms with van der Waals surface area (Å²) < 4.78 is 1.49. The number of nitrogens with zero attached hydrogens (tertiary/aromatic N) is 1. The Morgan fingerprint density at radius 2 is 1.62 bits per heavy atom. The zero-order chi connectivity index (χ0) is 24.5.